The standard InChI is InChI=1S/C15H15ClO/c1-10-7-8-12(9-11(10)2)15(17)13-5-3-4-6-14(13)16/h3-9,15,17H,1-2H3/t15-/m1/s1. The van der Waals surface area contributed by atoms with E-state index in [2.05, 4.69) is 6.92 Å². The van der Waals surface area contributed by atoms with Crippen LogP contribution in [-0.2, 0) is 0 Å². The zero-order valence-corrected chi connectivity index (χ0v) is 10.7. The second-order valence-corrected chi connectivity index (χ2v) is 4.67. The molecular formula is C15H15ClO. The molecular weight excluding hydrogens is 232 g/mol. The van der Waals surface area contributed by atoms with Gasteiger partial charge in [-0.1, -0.05) is 48.0 Å². The Labute approximate surface area is 107 Å². The van der Waals surface area contributed by atoms with Crippen molar-refractivity contribution in [1.82, 2.24) is 0 Å². The second kappa shape index (κ2) is 4.91. The molecule has 1 atom stereocenters. The molecule has 0 aliphatic rings. The molecule has 2 aromatic carbocycles. The lowest BCUT2D eigenvalue weighted by Crippen LogP contribution is -2.01. The van der Waals surface area contributed by atoms with Crippen molar-refractivity contribution in [2.24, 2.45) is 0 Å². The quantitative estimate of drug-likeness (QED) is 0.848. The molecule has 0 saturated carbocycles. The van der Waals surface area contributed by atoms with Crippen LogP contribution in [0.15, 0.2) is 42.5 Å². The zero-order valence-electron chi connectivity index (χ0n) is 9.94. The van der Waals surface area contributed by atoms with Gasteiger partial charge in [0.1, 0.15) is 6.10 Å². The van der Waals surface area contributed by atoms with Gasteiger partial charge in [-0.15, -0.1) is 0 Å². The van der Waals surface area contributed by atoms with Gasteiger partial charge in [-0.2, -0.15) is 0 Å². The zero-order chi connectivity index (χ0) is 12.4. The Bertz CT molecular complexity index is 534. The van der Waals surface area contributed by atoms with E-state index in [1.54, 1.807) is 6.07 Å². The predicted octanol–water partition coefficient (Wildman–Crippen LogP) is 4.04. The molecule has 17 heavy (non-hydrogen) atoms. The van der Waals surface area contributed by atoms with Gasteiger partial charge >= 0.3 is 0 Å². The van der Waals surface area contributed by atoms with Gasteiger partial charge in [0.05, 0.1) is 0 Å². The van der Waals surface area contributed by atoms with Gasteiger partial charge < -0.3 is 5.11 Å². The molecule has 2 rings (SSSR count). The van der Waals surface area contributed by atoms with E-state index in [1.165, 1.54) is 11.1 Å². The van der Waals surface area contributed by atoms with E-state index in [4.69, 9.17) is 11.6 Å². The largest absolute Gasteiger partial charge is 0.384 e. The third-order valence-electron chi connectivity index (χ3n) is 3.05. The van der Waals surface area contributed by atoms with Crippen molar-refractivity contribution in [3.8, 4) is 0 Å². The number of hydrogen-bond acceptors (Lipinski definition) is 1. The van der Waals surface area contributed by atoms with Crippen molar-refractivity contribution in [3.05, 3.63) is 69.7 Å². The first kappa shape index (κ1) is 12.2. The Morgan fingerprint density at radius 3 is 2.35 bits per heavy atom. The van der Waals surface area contributed by atoms with Gasteiger partial charge in [-0.3, -0.25) is 0 Å². The Kier molecular flexibility index (Phi) is 3.51. The molecule has 88 valence electrons. The highest BCUT2D eigenvalue weighted by Gasteiger charge is 2.13. The van der Waals surface area contributed by atoms with E-state index in [9.17, 15) is 5.11 Å². The summed E-state index contributed by atoms with van der Waals surface area (Å²) in [6.07, 6.45) is -0.664. The Morgan fingerprint density at radius 2 is 1.71 bits per heavy atom. The molecule has 0 aromatic heterocycles. The average Bonchev–Trinajstić information content (AvgIpc) is 2.32. The number of benzene rings is 2. The van der Waals surface area contributed by atoms with Gasteiger partial charge in [0.2, 0.25) is 0 Å². The molecule has 0 heterocycles. The van der Waals surface area contributed by atoms with Gasteiger partial charge in [0.15, 0.2) is 0 Å². The summed E-state index contributed by atoms with van der Waals surface area (Å²) in [5, 5.41) is 10.9. The van der Waals surface area contributed by atoms with Crippen molar-refractivity contribution in [3.63, 3.8) is 0 Å². The summed E-state index contributed by atoms with van der Waals surface area (Å²) in [6.45, 7) is 4.10. The minimum atomic E-state index is -0.664. The summed E-state index contributed by atoms with van der Waals surface area (Å²) in [6, 6.07) is 13.3. The highest BCUT2D eigenvalue weighted by Crippen LogP contribution is 2.28. The highest BCUT2D eigenvalue weighted by atomic mass is 35.5. The Hall–Kier alpha value is -1.31. The van der Waals surface area contributed by atoms with Crippen LogP contribution in [0.2, 0.25) is 5.02 Å². The molecule has 0 aliphatic carbocycles. The number of halogens is 1. The maximum Gasteiger partial charge on any atom is 0.105 e. The summed E-state index contributed by atoms with van der Waals surface area (Å²) in [7, 11) is 0. The fourth-order valence-electron chi connectivity index (χ4n) is 1.81. The number of hydrogen-bond donors (Lipinski definition) is 1. The lowest BCUT2D eigenvalue weighted by molar-refractivity contribution is 0.220. The smallest absolute Gasteiger partial charge is 0.105 e. The van der Waals surface area contributed by atoms with Crippen molar-refractivity contribution in [1.29, 1.82) is 0 Å². The molecule has 0 bridgehead atoms. The molecule has 2 aromatic rings. The van der Waals surface area contributed by atoms with Gasteiger partial charge in [-0.05, 0) is 36.6 Å². The summed E-state index contributed by atoms with van der Waals surface area (Å²) in [4.78, 5) is 0. The SMILES string of the molecule is Cc1ccc([C@@H](O)c2ccccc2Cl)cc1C. The third kappa shape index (κ3) is 2.51. The Morgan fingerprint density at radius 1 is 1.00 bits per heavy atom. The fourth-order valence-corrected chi connectivity index (χ4v) is 2.05. The first-order chi connectivity index (χ1) is 8.09. The number of aliphatic hydroxyl groups excluding tert-OH is 1. The number of aryl methyl sites for hydroxylation is 2. The average molecular weight is 247 g/mol. The van der Waals surface area contributed by atoms with Crippen LogP contribution in [0.25, 0.3) is 0 Å². The predicted molar refractivity (Wildman–Crippen MR) is 71.4 cm³/mol. The molecule has 0 aliphatic heterocycles. The first-order valence-electron chi connectivity index (χ1n) is 5.59. The fraction of sp³-hybridized carbons (Fsp3) is 0.200. The van der Waals surface area contributed by atoms with E-state index in [-0.39, 0.29) is 0 Å². The van der Waals surface area contributed by atoms with E-state index in [1.807, 2.05) is 43.3 Å². The molecule has 2 heteroatoms. The van der Waals surface area contributed by atoms with Crippen LogP contribution in [0, 0.1) is 13.8 Å². The maximum absolute atomic E-state index is 10.3. The van der Waals surface area contributed by atoms with E-state index < -0.39 is 6.10 Å². The summed E-state index contributed by atoms with van der Waals surface area (Å²) in [5.41, 5.74) is 4.02. The van der Waals surface area contributed by atoms with Gasteiger partial charge in [0, 0.05) is 10.6 Å². The van der Waals surface area contributed by atoms with Crippen LogP contribution in [-0.4, -0.2) is 5.11 Å². The highest BCUT2D eigenvalue weighted by molar-refractivity contribution is 6.31. The van der Waals surface area contributed by atoms with Crippen LogP contribution >= 0.6 is 11.6 Å². The van der Waals surface area contributed by atoms with Crippen molar-refractivity contribution >= 4 is 11.6 Å². The molecule has 0 saturated heterocycles. The van der Waals surface area contributed by atoms with Gasteiger partial charge in [-0.25, -0.2) is 0 Å². The number of rotatable bonds is 2. The topological polar surface area (TPSA) is 20.2 Å². The molecule has 0 radical (unpaired) electrons. The second-order valence-electron chi connectivity index (χ2n) is 4.27. The maximum atomic E-state index is 10.3. The van der Waals surface area contributed by atoms with Crippen molar-refractivity contribution in [2.45, 2.75) is 20.0 Å². The molecule has 0 amide bonds. The van der Waals surface area contributed by atoms with E-state index >= 15 is 0 Å². The third-order valence-corrected chi connectivity index (χ3v) is 3.39. The summed E-state index contributed by atoms with van der Waals surface area (Å²) in [5.74, 6) is 0. The van der Waals surface area contributed by atoms with Crippen molar-refractivity contribution in [2.75, 3.05) is 0 Å². The normalized spacial score (nSPS) is 12.5. The van der Waals surface area contributed by atoms with Crippen LogP contribution in [0.4, 0.5) is 0 Å². The van der Waals surface area contributed by atoms with Gasteiger partial charge in [0.25, 0.3) is 0 Å². The minimum Gasteiger partial charge on any atom is -0.384 e. The minimum absolute atomic E-state index is 0.596. The number of aliphatic hydroxyl groups is 1. The lowest BCUT2D eigenvalue weighted by Gasteiger charge is -2.14. The van der Waals surface area contributed by atoms with E-state index in [0.717, 1.165) is 11.1 Å². The monoisotopic (exact) mass is 246 g/mol. The lowest BCUT2D eigenvalue weighted by atomic mass is 9.98. The van der Waals surface area contributed by atoms with Crippen LogP contribution in [0.5, 0.6) is 0 Å². The summed E-state index contributed by atoms with van der Waals surface area (Å²) < 4.78 is 0. The summed E-state index contributed by atoms with van der Waals surface area (Å²) >= 11 is 6.08. The molecule has 1 nitrogen and oxygen atoms in total. The van der Waals surface area contributed by atoms with Crippen LogP contribution in [0.1, 0.15) is 28.4 Å². The van der Waals surface area contributed by atoms with Crippen molar-refractivity contribution < 1.29 is 5.11 Å². The van der Waals surface area contributed by atoms with Crippen LogP contribution in [0.3, 0.4) is 0 Å². The van der Waals surface area contributed by atoms with Crippen LogP contribution < -0.4 is 0 Å². The Balaban J connectivity index is 2.40. The molecule has 1 N–H and O–H groups in total. The first-order valence-corrected chi connectivity index (χ1v) is 5.97. The molecule has 0 spiro atoms. The van der Waals surface area contributed by atoms with E-state index in [0.29, 0.717) is 5.02 Å². The molecule has 0 unspecified atom stereocenters. The molecule has 0 fully saturated rings.